The second kappa shape index (κ2) is 8.26. The lowest BCUT2D eigenvalue weighted by atomic mass is 9.96. The van der Waals surface area contributed by atoms with Crippen molar-refractivity contribution in [3.8, 4) is 0 Å². The summed E-state index contributed by atoms with van der Waals surface area (Å²) in [5.74, 6) is -0.916. The molecule has 0 fully saturated rings. The molecule has 0 saturated heterocycles. The molecule has 3 rings (SSSR count). The first-order chi connectivity index (χ1) is 14.4. The predicted octanol–water partition coefficient (Wildman–Crippen LogP) is 5.07. The maximum Gasteiger partial charge on any atom is 0.414 e. The van der Waals surface area contributed by atoms with E-state index < -0.39 is 22.4 Å². The second-order valence-corrected chi connectivity index (χ2v) is 9.03. The summed E-state index contributed by atoms with van der Waals surface area (Å²) in [6.45, 7) is 5.36. The van der Waals surface area contributed by atoms with Crippen LogP contribution < -0.4 is 9.80 Å². The molecule has 8 nitrogen and oxygen atoms in total. The molecule has 0 saturated carbocycles. The van der Waals surface area contributed by atoms with Crippen molar-refractivity contribution in [3.05, 3.63) is 61.9 Å². The van der Waals surface area contributed by atoms with Crippen LogP contribution in [0.4, 0.5) is 26.2 Å². The van der Waals surface area contributed by atoms with E-state index in [1.54, 1.807) is 37.8 Å². The number of rotatable bonds is 3. The highest BCUT2D eigenvalue weighted by Gasteiger charge is 2.29. The molecular weight excluding hydrogens is 473 g/mol. The van der Waals surface area contributed by atoms with Crippen molar-refractivity contribution in [3.63, 3.8) is 0 Å². The van der Waals surface area contributed by atoms with Gasteiger partial charge in [0.25, 0.3) is 5.69 Å². The number of hydrogen-bond donors (Lipinski definition) is 0. The zero-order valence-electron chi connectivity index (χ0n) is 17.4. The topological polar surface area (TPSA) is 93.0 Å². The minimum absolute atomic E-state index is 0.0124. The highest BCUT2D eigenvalue weighted by molar-refractivity contribution is 9.10. The van der Waals surface area contributed by atoms with Crippen molar-refractivity contribution in [2.75, 3.05) is 23.4 Å². The zero-order chi connectivity index (χ0) is 23.1. The van der Waals surface area contributed by atoms with Gasteiger partial charge in [-0.25, -0.2) is 9.18 Å². The number of halogens is 2. The molecule has 10 heteroatoms. The molecule has 0 N–H and O–H groups in total. The Labute approximate surface area is 186 Å². The van der Waals surface area contributed by atoms with Crippen LogP contribution in [0.3, 0.4) is 0 Å². The van der Waals surface area contributed by atoms with E-state index in [2.05, 4.69) is 15.9 Å². The predicted molar refractivity (Wildman–Crippen MR) is 117 cm³/mol. The lowest BCUT2D eigenvalue weighted by molar-refractivity contribution is -0.385. The number of fused-ring (bicyclic) bond motifs is 1. The lowest BCUT2D eigenvalue weighted by Crippen LogP contribution is -2.37. The van der Waals surface area contributed by atoms with Crippen LogP contribution in [0, 0.1) is 15.9 Å². The molecule has 2 aromatic rings. The SMILES string of the molecule is CN(C(=O)OC(C)(C)C)c1cc2c(cc1F)CN(c1ccc([N+](=O)[O-])c(Br)c1)CC2=O. The van der Waals surface area contributed by atoms with Crippen molar-refractivity contribution in [1.29, 1.82) is 0 Å². The molecule has 1 amide bonds. The summed E-state index contributed by atoms with van der Waals surface area (Å²) in [5.41, 5.74) is 0.493. The van der Waals surface area contributed by atoms with Gasteiger partial charge in [0.1, 0.15) is 11.4 Å². The number of amides is 1. The van der Waals surface area contributed by atoms with E-state index in [1.165, 1.54) is 25.2 Å². The van der Waals surface area contributed by atoms with Gasteiger partial charge in [0.2, 0.25) is 0 Å². The highest BCUT2D eigenvalue weighted by atomic mass is 79.9. The monoisotopic (exact) mass is 493 g/mol. The second-order valence-electron chi connectivity index (χ2n) is 8.17. The summed E-state index contributed by atoms with van der Waals surface area (Å²) in [4.78, 5) is 38.3. The lowest BCUT2D eigenvalue weighted by Gasteiger charge is -2.31. The smallest absolute Gasteiger partial charge is 0.414 e. The number of Topliss-reactive ketones (excluding diaryl/α,β-unsaturated/α-hetero) is 1. The molecule has 0 spiro atoms. The number of anilines is 2. The number of nitrogens with zero attached hydrogens (tertiary/aromatic N) is 3. The van der Waals surface area contributed by atoms with Gasteiger partial charge >= 0.3 is 6.09 Å². The quantitative estimate of drug-likeness (QED) is 0.437. The van der Waals surface area contributed by atoms with E-state index in [0.717, 1.165) is 4.90 Å². The summed E-state index contributed by atoms with van der Waals surface area (Å²) in [7, 11) is 1.38. The fourth-order valence-electron chi connectivity index (χ4n) is 3.22. The van der Waals surface area contributed by atoms with E-state index in [9.17, 15) is 24.1 Å². The molecule has 1 aliphatic heterocycles. The summed E-state index contributed by atoms with van der Waals surface area (Å²) >= 11 is 3.17. The van der Waals surface area contributed by atoms with E-state index >= 15 is 0 Å². The molecule has 0 bridgehead atoms. The molecule has 31 heavy (non-hydrogen) atoms. The number of ketones is 1. The van der Waals surface area contributed by atoms with Crippen molar-refractivity contribution in [2.45, 2.75) is 32.9 Å². The molecule has 2 aromatic carbocycles. The first kappa shape index (κ1) is 22.7. The third-order valence-corrected chi connectivity index (χ3v) is 5.33. The number of carbonyl (C=O) groups excluding carboxylic acids is 2. The Bertz CT molecular complexity index is 1080. The van der Waals surface area contributed by atoms with Gasteiger partial charge in [-0.3, -0.25) is 19.8 Å². The molecule has 0 atom stereocenters. The Morgan fingerprint density at radius 1 is 1.26 bits per heavy atom. The highest BCUT2D eigenvalue weighted by Crippen LogP contribution is 2.34. The van der Waals surface area contributed by atoms with Crippen LogP contribution in [0.2, 0.25) is 0 Å². The van der Waals surface area contributed by atoms with Crippen LogP contribution in [0.5, 0.6) is 0 Å². The van der Waals surface area contributed by atoms with Crippen molar-refractivity contribution < 1.29 is 23.6 Å². The number of nitro benzene ring substituents is 1. The summed E-state index contributed by atoms with van der Waals surface area (Å²) in [6.07, 6.45) is -0.730. The van der Waals surface area contributed by atoms with Crippen LogP contribution in [-0.2, 0) is 11.3 Å². The Balaban J connectivity index is 1.90. The minimum atomic E-state index is -0.745. The van der Waals surface area contributed by atoms with Crippen LogP contribution in [0.25, 0.3) is 0 Å². The van der Waals surface area contributed by atoms with Crippen LogP contribution in [0.1, 0.15) is 36.7 Å². The van der Waals surface area contributed by atoms with E-state index in [0.29, 0.717) is 16.8 Å². The number of benzene rings is 2. The number of hydrogen-bond acceptors (Lipinski definition) is 6. The normalized spacial score (nSPS) is 13.6. The molecule has 0 aromatic heterocycles. The van der Waals surface area contributed by atoms with Crippen LogP contribution in [-0.4, -0.2) is 36.0 Å². The molecule has 0 aliphatic carbocycles. The van der Waals surface area contributed by atoms with E-state index in [-0.39, 0.29) is 34.7 Å². The summed E-state index contributed by atoms with van der Waals surface area (Å²) in [6, 6.07) is 7.04. The van der Waals surface area contributed by atoms with E-state index in [1.807, 2.05) is 0 Å². The van der Waals surface area contributed by atoms with Gasteiger partial charge < -0.3 is 9.64 Å². The van der Waals surface area contributed by atoms with Gasteiger partial charge in [-0.1, -0.05) is 0 Å². The molecular formula is C21H21BrFN3O5. The molecule has 1 aliphatic rings. The maximum absolute atomic E-state index is 14.8. The van der Waals surface area contributed by atoms with Gasteiger partial charge in [0.15, 0.2) is 5.78 Å². The fourth-order valence-corrected chi connectivity index (χ4v) is 3.73. The van der Waals surface area contributed by atoms with Crippen LogP contribution >= 0.6 is 15.9 Å². The molecule has 0 unspecified atom stereocenters. The van der Waals surface area contributed by atoms with Gasteiger partial charge in [-0.15, -0.1) is 0 Å². The van der Waals surface area contributed by atoms with Crippen molar-refractivity contribution in [2.24, 2.45) is 0 Å². The zero-order valence-corrected chi connectivity index (χ0v) is 19.0. The van der Waals surface area contributed by atoms with Gasteiger partial charge in [0.05, 0.1) is 21.6 Å². The standard InChI is InChI=1S/C21H21BrFN3O5/c1-21(2,3)31-20(28)24(4)18-9-14-12(7-16(18)23)10-25(11-19(14)27)13-5-6-17(26(29)30)15(22)8-13/h5-9H,10-11H2,1-4H3. The average molecular weight is 494 g/mol. The summed E-state index contributed by atoms with van der Waals surface area (Å²) in [5, 5.41) is 11.0. The first-order valence-electron chi connectivity index (χ1n) is 9.38. The largest absolute Gasteiger partial charge is 0.443 e. The Hall–Kier alpha value is -3.01. The van der Waals surface area contributed by atoms with Gasteiger partial charge in [-0.2, -0.15) is 0 Å². The van der Waals surface area contributed by atoms with Crippen molar-refractivity contribution >= 4 is 44.9 Å². The molecule has 1 heterocycles. The number of ether oxygens (including phenoxy) is 1. The number of carbonyl (C=O) groups is 2. The third kappa shape index (κ3) is 4.84. The maximum atomic E-state index is 14.8. The average Bonchev–Trinajstić information content (AvgIpc) is 2.65. The number of nitro groups is 1. The minimum Gasteiger partial charge on any atom is -0.443 e. The van der Waals surface area contributed by atoms with Crippen LogP contribution in [0.15, 0.2) is 34.8 Å². The summed E-state index contributed by atoms with van der Waals surface area (Å²) < 4.78 is 20.4. The molecule has 164 valence electrons. The molecule has 0 radical (unpaired) electrons. The van der Waals surface area contributed by atoms with Gasteiger partial charge in [-0.05, 0) is 66.5 Å². The Morgan fingerprint density at radius 3 is 2.52 bits per heavy atom. The fraction of sp³-hybridized carbons (Fsp3) is 0.333. The van der Waals surface area contributed by atoms with Gasteiger partial charge in [0, 0.05) is 30.9 Å². The first-order valence-corrected chi connectivity index (χ1v) is 10.2. The Morgan fingerprint density at radius 2 is 1.94 bits per heavy atom. The van der Waals surface area contributed by atoms with E-state index in [4.69, 9.17) is 4.74 Å². The van der Waals surface area contributed by atoms with Crippen molar-refractivity contribution in [1.82, 2.24) is 0 Å². The third-order valence-electron chi connectivity index (χ3n) is 4.69. The Kier molecular flexibility index (Phi) is 6.04.